The lowest BCUT2D eigenvalue weighted by Crippen LogP contribution is -2.56. The van der Waals surface area contributed by atoms with Crippen molar-refractivity contribution in [2.45, 2.75) is 46.2 Å². The van der Waals surface area contributed by atoms with Gasteiger partial charge in [-0.2, -0.15) is 0 Å². The second-order valence-electron chi connectivity index (χ2n) is 7.56. The lowest BCUT2D eigenvalue weighted by molar-refractivity contribution is 0.0472. The van der Waals surface area contributed by atoms with Crippen molar-refractivity contribution in [2.24, 2.45) is 11.8 Å². The molecule has 2 atom stereocenters. The molecule has 2 heterocycles. The fraction of sp³-hybridized carbons (Fsp3) is 0.667. The van der Waals surface area contributed by atoms with Crippen LogP contribution >= 0.6 is 0 Å². The fourth-order valence-electron chi connectivity index (χ4n) is 3.31. The maximum atomic E-state index is 12.0. The van der Waals surface area contributed by atoms with E-state index < -0.39 is 0 Å². The van der Waals surface area contributed by atoms with Crippen molar-refractivity contribution in [1.29, 1.82) is 0 Å². The lowest BCUT2D eigenvalue weighted by Gasteiger charge is -2.45. The van der Waals surface area contributed by atoms with E-state index in [0.717, 1.165) is 30.5 Å². The van der Waals surface area contributed by atoms with Crippen LogP contribution in [0.3, 0.4) is 0 Å². The van der Waals surface area contributed by atoms with Crippen LogP contribution in [0.2, 0.25) is 0 Å². The van der Waals surface area contributed by atoms with Crippen molar-refractivity contribution in [1.82, 2.24) is 20.5 Å². The molecular weight excluding hydrogens is 288 g/mol. The zero-order valence-electron chi connectivity index (χ0n) is 14.8. The van der Waals surface area contributed by atoms with E-state index in [1.807, 2.05) is 12.1 Å². The van der Waals surface area contributed by atoms with E-state index in [1.165, 1.54) is 6.42 Å². The van der Waals surface area contributed by atoms with Crippen LogP contribution in [0, 0.1) is 11.8 Å². The molecule has 1 aliphatic heterocycles. The lowest BCUT2D eigenvalue weighted by atomic mass is 9.88. The van der Waals surface area contributed by atoms with E-state index in [9.17, 15) is 4.79 Å². The normalized spacial score (nSPS) is 22.6. The molecule has 2 unspecified atom stereocenters. The monoisotopic (exact) mass is 318 g/mol. The van der Waals surface area contributed by atoms with Gasteiger partial charge in [-0.3, -0.25) is 9.88 Å². The summed E-state index contributed by atoms with van der Waals surface area (Å²) in [5.41, 5.74) is 0.967. The molecular formula is C18H30N4O. The largest absolute Gasteiger partial charge is 0.336 e. The molecule has 2 rings (SSSR count). The predicted molar refractivity (Wildman–Crippen MR) is 93.1 cm³/mol. The smallest absolute Gasteiger partial charge is 0.315 e. The third-order valence-electron chi connectivity index (χ3n) is 4.58. The molecule has 1 fully saturated rings. The fourth-order valence-corrected chi connectivity index (χ4v) is 3.31. The zero-order valence-corrected chi connectivity index (χ0v) is 14.8. The molecule has 0 aromatic carbocycles. The first-order chi connectivity index (χ1) is 10.9. The summed E-state index contributed by atoms with van der Waals surface area (Å²) in [4.78, 5) is 18.6. The minimum absolute atomic E-state index is 0.0332. The van der Waals surface area contributed by atoms with Crippen molar-refractivity contribution in [3.63, 3.8) is 0 Å². The highest BCUT2D eigenvalue weighted by atomic mass is 16.2. The number of pyridine rings is 1. The van der Waals surface area contributed by atoms with E-state index in [4.69, 9.17) is 0 Å². The molecule has 1 saturated heterocycles. The summed E-state index contributed by atoms with van der Waals surface area (Å²) >= 11 is 0. The summed E-state index contributed by atoms with van der Waals surface area (Å²) in [6.07, 6.45) is 4.79. The average molecular weight is 318 g/mol. The Kier molecular flexibility index (Phi) is 5.99. The molecule has 5 heteroatoms. The molecule has 5 nitrogen and oxygen atoms in total. The molecule has 128 valence electrons. The van der Waals surface area contributed by atoms with Gasteiger partial charge in [0.1, 0.15) is 0 Å². The first kappa shape index (κ1) is 17.7. The highest BCUT2D eigenvalue weighted by Crippen LogP contribution is 2.26. The Labute approximate surface area is 139 Å². The topological polar surface area (TPSA) is 57.3 Å². The maximum absolute atomic E-state index is 12.0. The number of amides is 2. The number of hydrogen-bond acceptors (Lipinski definition) is 3. The molecule has 0 aliphatic carbocycles. The molecule has 2 amide bonds. The Bertz CT molecular complexity index is 493. The number of carbonyl (C=O) groups excluding carboxylic acids is 1. The zero-order chi connectivity index (χ0) is 16.9. The van der Waals surface area contributed by atoms with Crippen molar-refractivity contribution in [3.8, 4) is 0 Å². The highest BCUT2D eigenvalue weighted by Gasteiger charge is 2.32. The van der Waals surface area contributed by atoms with Crippen LogP contribution in [0.25, 0.3) is 0 Å². The van der Waals surface area contributed by atoms with E-state index in [2.05, 4.69) is 48.2 Å². The van der Waals surface area contributed by atoms with Crippen LogP contribution in [0.1, 0.15) is 39.7 Å². The average Bonchev–Trinajstić information content (AvgIpc) is 2.51. The van der Waals surface area contributed by atoms with Gasteiger partial charge in [-0.15, -0.1) is 0 Å². The van der Waals surface area contributed by atoms with Crippen LogP contribution in [0.4, 0.5) is 4.79 Å². The third kappa shape index (κ3) is 5.50. The van der Waals surface area contributed by atoms with E-state index >= 15 is 0 Å². The molecule has 1 aliphatic rings. The minimum atomic E-state index is -0.125. The van der Waals surface area contributed by atoms with Gasteiger partial charge < -0.3 is 10.6 Å². The predicted octanol–water partition coefficient (Wildman–Crippen LogP) is 2.64. The van der Waals surface area contributed by atoms with Gasteiger partial charge in [0.25, 0.3) is 0 Å². The van der Waals surface area contributed by atoms with Gasteiger partial charge in [-0.1, -0.05) is 19.9 Å². The number of piperidine rings is 1. The summed E-state index contributed by atoms with van der Waals surface area (Å²) in [5, 5.41) is 5.89. The van der Waals surface area contributed by atoms with Gasteiger partial charge in [-0.25, -0.2) is 4.79 Å². The van der Waals surface area contributed by atoms with Crippen molar-refractivity contribution in [3.05, 3.63) is 30.1 Å². The summed E-state index contributed by atoms with van der Waals surface area (Å²) in [5.74, 6) is 1.44. The Morgan fingerprint density at radius 2 is 2.00 bits per heavy atom. The Morgan fingerprint density at radius 3 is 2.61 bits per heavy atom. The van der Waals surface area contributed by atoms with Gasteiger partial charge in [0.05, 0.1) is 0 Å². The van der Waals surface area contributed by atoms with E-state index in [-0.39, 0.29) is 11.6 Å². The number of likely N-dealkylation sites (tertiary alicyclic amines) is 1. The Hall–Kier alpha value is -1.62. The minimum Gasteiger partial charge on any atom is -0.336 e. The van der Waals surface area contributed by atoms with Gasteiger partial charge >= 0.3 is 6.03 Å². The standard InChI is InChI=1S/C18H30N4O/c1-14-8-15(2)12-22(11-14)18(3,4)13-21-17(23)20-10-16-6-5-7-19-9-16/h5-7,9,14-15H,8,10-13H2,1-4H3,(H2,20,21,23). The second kappa shape index (κ2) is 7.77. The van der Waals surface area contributed by atoms with Gasteiger partial charge in [0.2, 0.25) is 0 Å². The Morgan fingerprint density at radius 1 is 1.30 bits per heavy atom. The second-order valence-corrected chi connectivity index (χ2v) is 7.56. The molecule has 0 bridgehead atoms. The first-order valence-electron chi connectivity index (χ1n) is 8.52. The maximum Gasteiger partial charge on any atom is 0.315 e. The van der Waals surface area contributed by atoms with E-state index in [0.29, 0.717) is 13.1 Å². The SMILES string of the molecule is CC1CC(C)CN(C(C)(C)CNC(=O)NCc2cccnc2)C1. The molecule has 23 heavy (non-hydrogen) atoms. The molecule has 2 N–H and O–H groups in total. The first-order valence-corrected chi connectivity index (χ1v) is 8.52. The van der Waals surface area contributed by atoms with Crippen molar-refractivity contribution in [2.75, 3.05) is 19.6 Å². The molecule has 1 aromatic heterocycles. The van der Waals surface area contributed by atoms with Crippen LogP contribution in [-0.2, 0) is 6.54 Å². The number of hydrogen-bond donors (Lipinski definition) is 2. The molecule has 0 radical (unpaired) electrons. The summed E-state index contributed by atoms with van der Waals surface area (Å²) < 4.78 is 0. The molecule has 0 saturated carbocycles. The van der Waals surface area contributed by atoms with Crippen LogP contribution in [0.5, 0.6) is 0 Å². The number of urea groups is 1. The van der Waals surface area contributed by atoms with Crippen LogP contribution in [0.15, 0.2) is 24.5 Å². The number of rotatable bonds is 5. The van der Waals surface area contributed by atoms with E-state index in [1.54, 1.807) is 12.4 Å². The van der Waals surface area contributed by atoms with Crippen LogP contribution in [-0.4, -0.2) is 41.1 Å². The van der Waals surface area contributed by atoms with Crippen LogP contribution < -0.4 is 10.6 Å². The summed E-state index contributed by atoms with van der Waals surface area (Å²) in [6, 6.07) is 3.70. The Balaban J connectivity index is 1.78. The third-order valence-corrected chi connectivity index (χ3v) is 4.58. The number of nitrogens with zero attached hydrogens (tertiary/aromatic N) is 2. The van der Waals surface area contributed by atoms with Gasteiger partial charge in [-0.05, 0) is 43.7 Å². The number of carbonyl (C=O) groups is 1. The molecule has 1 aromatic rings. The van der Waals surface area contributed by atoms with Crippen molar-refractivity contribution < 1.29 is 4.79 Å². The number of nitrogens with one attached hydrogen (secondary N) is 2. The van der Waals surface area contributed by atoms with Crippen molar-refractivity contribution >= 4 is 6.03 Å². The van der Waals surface area contributed by atoms with Gasteiger partial charge in [0, 0.05) is 44.1 Å². The summed E-state index contributed by atoms with van der Waals surface area (Å²) in [7, 11) is 0. The molecule has 0 spiro atoms. The summed E-state index contributed by atoms with van der Waals surface area (Å²) in [6.45, 7) is 12.4. The quantitative estimate of drug-likeness (QED) is 0.877. The number of aromatic nitrogens is 1. The highest BCUT2D eigenvalue weighted by molar-refractivity contribution is 5.73. The van der Waals surface area contributed by atoms with Gasteiger partial charge in [0.15, 0.2) is 0 Å².